The smallest absolute Gasteiger partial charge is 0.299 e. The van der Waals surface area contributed by atoms with Gasteiger partial charge in [-0.25, -0.2) is 0 Å². The zero-order valence-corrected chi connectivity index (χ0v) is 26.1. The Hall–Kier alpha value is -3.01. The number of carbonyl (C=O) groups is 1. The largest absolute Gasteiger partial charge is 0.393 e. The van der Waals surface area contributed by atoms with Crippen molar-refractivity contribution in [3.05, 3.63) is 50.1 Å². The summed E-state index contributed by atoms with van der Waals surface area (Å²) in [6.07, 6.45) is 12.5. The summed E-state index contributed by atoms with van der Waals surface area (Å²) >= 11 is 0. The van der Waals surface area contributed by atoms with Gasteiger partial charge in [0.2, 0.25) is 5.91 Å². The van der Waals surface area contributed by atoms with E-state index in [1.807, 2.05) is 0 Å². The highest BCUT2D eigenvalue weighted by Gasteiger charge is 2.64. The van der Waals surface area contributed by atoms with Crippen LogP contribution >= 0.6 is 0 Å². The van der Waals surface area contributed by atoms with Crippen LogP contribution in [0.5, 0.6) is 0 Å². The molecule has 0 bridgehead atoms. The van der Waals surface area contributed by atoms with Crippen LogP contribution in [0.25, 0.3) is 0 Å². The highest BCUT2D eigenvalue weighted by Crippen LogP contribution is 2.72. The van der Waals surface area contributed by atoms with Gasteiger partial charge in [-0.2, -0.15) is 0 Å². The molecule has 0 unspecified atom stereocenters. The average molecular weight is 597 g/mol. The summed E-state index contributed by atoms with van der Waals surface area (Å²) in [4.78, 5) is 33.7. The molecule has 0 spiro atoms. The number of rotatable bonds is 10. The van der Waals surface area contributed by atoms with Gasteiger partial charge < -0.3 is 15.7 Å². The van der Waals surface area contributed by atoms with Crippen molar-refractivity contribution >= 4 is 23.0 Å². The molecule has 10 heteroatoms. The molecule has 5 rings (SSSR count). The summed E-state index contributed by atoms with van der Waals surface area (Å²) in [7, 11) is 0. The Labute approximate surface area is 254 Å². The number of benzene rings is 1. The maximum absolute atomic E-state index is 12.7. The fourth-order valence-corrected chi connectivity index (χ4v) is 9.97. The predicted octanol–water partition coefficient (Wildman–Crippen LogP) is 6.78. The zero-order chi connectivity index (χ0) is 31.2. The first-order chi connectivity index (χ1) is 20.3. The Morgan fingerprint density at radius 1 is 1.02 bits per heavy atom. The molecule has 0 aliphatic heterocycles. The molecule has 4 aliphatic carbocycles. The van der Waals surface area contributed by atoms with E-state index in [0.29, 0.717) is 36.6 Å². The molecule has 43 heavy (non-hydrogen) atoms. The second-order valence-corrected chi connectivity index (χ2v) is 14.5. The molecule has 0 heterocycles. The van der Waals surface area contributed by atoms with E-state index in [1.165, 1.54) is 43.4 Å². The molecule has 4 aliphatic rings. The number of nitro benzene ring substituents is 2. The fourth-order valence-electron chi connectivity index (χ4n) is 9.97. The first kappa shape index (κ1) is 31.4. The van der Waals surface area contributed by atoms with E-state index in [2.05, 4.69) is 44.4 Å². The Bertz CT molecular complexity index is 1300. The van der Waals surface area contributed by atoms with Crippen molar-refractivity contribution in [3.8, 4) is 0 Å². The van der Waals surface area contributed by atoms with Crippen LogP contribution in [0, 0.1) is 60.1 Å². The van der Waals surface area contributed by atoms with E-state index < -0.39 is 9.85 Å². The molecular weight excluding hydrogens is 548 g/mol. The number of nitrogens with one attached hydrogen (secondary N) is 2. The number of aliphatic hydroxyl groups excluding tert-OH is 1. The molecule has 10 nitrogen and oxygen atoms in total. The number of allylic oxidation sites excluding steroid dienone is 1. The van der Waals surface area contributed by atoms with Crippen LogP contribution in [0.2, 0.25) is 0 Å². The van der Waals surface area contributed by atoms with Gasteiger partial charge in [-0.05, 0) is 104 Å². The lowest BCUT2D eigenvalue weighted by atomic mass is 9.42. The van der Waals surface area contributed by atoms with Crippen LogP contribution in [0.15, 0.2) is 29.8 Å². The maximum Gasteiger partial charge on any atom is 0.299 e. The lowest BCUT2D eigenvalue weighted by Crippen LogP contribution is -2.55. The summed E-state index contributed by atoms with van der Waals surface area (Å²) < 4.78 is 0. The second kappa shape index (κ2) is 11.8. The van der Waals surface area contributed by atoms with Crippen molar-refractivity contribution in [2.75, 3.05) is 18.4 Å². The molecule has 3 saturated carbocycles. The minimum atomic E-state index is -0.665. The minimum absolute atomic E-state index is 0.0289. The van der Waals surface area contributed by atoms with Crippen LogP contribution in [0.1, 0.15) is 91.9 Å². The lowest BCUT2D eigenvalue weighted by molar-refractivity contribution is -0.393. The number of nitro groups is 2. The summed E-state index contributed by atoms with van der Waals surface area (Å²) in [6, 6.07) is 3.48. The van der Waals surface area contributed by atoms with Gasteiger partial charge in [0.15, 0.2) is 0 Å². The van der Waals surface area contributed by atoms with Gasteiger partial charge >= 0.3 is 0 Å². The quantitative estimate of drug-likeness (QED) is 0.117. The number of hydrogen-bond donors (Lipinski definition) is 3. The number of aliphatic hydroxyl groups is 1. The van der Waals surface area contributed by atoms with Gasteiger partial charge in [0.1, 0.15) is 5.69 Å². The Morgan fingerprint density at radius 2 is 1.77 bits per heavy atom. The standard InChI is InChI=1S/C33H48N4O6/c1-21(5-10-30(39)35-18-17-34-28-9-7-23(36(40)41)20-29(28)37(42)43)25-12-15-33(4)27-8-6-22-19-24(38)11-14-31(22,2)26(27)13-16-32(25,33)3/h6-7,9,20-21,24-27,34,38H,5,8,10-19H2,1-4H3,(H,35,39)/t21-,24+,25-,26+,27-,31+,32-,33+/m1/s1. The summed E-state index contributed by atoms with van der Waals surface area (Å²) in [5, 5.41) is 38.5. The molecule has 1 amide bonds. The molecule has 3 fully saturated rings. The summed E-state index contributed by atoms with van der Waals surface area (Å²) in [5.74, 6) is 2.36. The van der Waals surface area contributed by atoms with Crippen LogP contribution in [0.4, 0.5) is 17.1 Å². The molecule has 0 radical (unpaired) electrons. The molecule has 8 atom stereocenters. The molecule has 1 aromatic rings. The topological polar surface area (TPSA) is 148 Å². The average Bonchev–Trinajstić information content (AvgIpc) is 3.25. The number of hydrogen-bond acceptors (Lipinski definition) is 7. The van der Waals surface area contributed by atoms with Gasteiger partial charge in [-0.1, -0.05) is 39.3 Å². The number of nitrogens with zero attached hydrogens (tertiary/aromatic N) is 2. The summed E-state index contributed by atoms with van der Waals surface area (Å²) in [5.41, 5.74) is 1.75. The third-order valence-corrected chi connectivity index (χ3v) is 12.7. The van der Waals surface area contributed by atoms with E-state index in [1.54, 1.807) is 0 Å². The SMILES string of the molecule is C[C@H](CCC(=O)NCCNc1ccc([N+](=O)[O-])cc1[N+](=O)[O-])[C@H]1CC[C@@]2(C)[C@@H]3CC=C4C[C@@H](O)CC[C@]4(C)[C@H]3CC[C@]12C. The van der Waals surface area contributed by atoms with Crippen molar-refractivity contribution in [2.24, 2.45) is 39.9 Å². The fraction of sp³-hybridized carbons (Fsp3) is 0.727. The van der Waals surface area contributed by atoms with Crippen LogP contribution < -0.4 is 10.6 Å². The second-order valence-electron chi connectivity index (χ2n) is 14.5. The van der Waals surface area contributed by atoms with Gasteiger partial charge in [-0.3, -0.25) is 25.0 Å². The first-order valence-electron chi connectivity index (χ1n) is 16.1. The molecule has 3 N–H and O–H groups in total. The molecule has 0 saturated heterocycles. The maximum atomic E-state index is 12.7. The third-order valence-electron chi connectivity index (χ3n) is 12.7. The molecular formula is C33H48N4O6. The van der Waals surface area contributed by atoms with E-state index in [9.17, 15) is 30.1 Å². The number of non-ortho nitro benzene ring substituents is 1. The minimum Gasteiger partial charge on any atom is -0.393 e. The number of amides is 1. The number of fused-ring (bicyclic) bond motifs is 5. The van der Waals surface area contributed by atoms with Gasteiger partial charge in [0, 0.05) is 25.6 Å². The van der Waals surface area contributed by atoms with Crippen molar-refractivity contribution in [2.45, 2.75) is 98.0 Å². The first-order valence-corrected chi connectivity index (χ1v) is 16.1. The normalized spacial score (nSPS) is 35.5. The van der Waals surface area contributed by atoms with Crippen molar-refractivity contribution < 1.29 is 19.7 Å². The van der Waals surface area contributed by atoms with Crippen LogP contribution in [0.3, 0.4) is 0 Å². The van der Waals surface area contributed by atoms with E-state index >= 15 is 0 Å². The Balaban J connectivity index is 1.13. The monoisotopic (exact) mass is 596 g/mol. The molecule has 1 aromatic carbocycles. The highest BCUT2D eigenvalue weighted by molar-refractivity contribution is 5.76. The van der Waals surface area contributed by atoms with Gasteiger partial charge in [0.05, 0.1) is 22.0 Å². The van der Waals surface area contributed by atoms with Crippen molar-refractivity contribution in [3.63, 3.8) is 0 Å². The third kappa shape index (κ3) is 5.56. The van der Waals surface area contributed by atoms with Crippen LogP contribution in [-0.4, -0.2) is 40.1 Å². The Morgan fingerprint density at radius 3 is 2.49 bits per heavy atom. The molecule has 236 valence electrons. The summed E-state index contributed by atoms with van der Waals surface area (Å²) in [6.45, 7) is 10.5. The highest BCUT2D eigenvalue weighted by atomic mass is 16.6. The molecule has 0 aromatic heterocycles. The van der Waals surface area contributed by atoms with E-state index in [-0.39, 0.29) is 51.9 Å². The van der Waals surface area contributed by atoms with Crippen molar-refractivity contribution in [1.82, 2.24) is 5.32 Å². The van der Waals surface area contributed by atoms with E-state index in [0.717, 1.165) is 38.2 Å². The van der Waals surface area contributed by atoms with Gasteiger partial charge in [-0.15, -0.1) is 0 Å². The zero-order valence-electron chi connectivity index (χ0n) is 26.1. The lowest BCUT2D eigenvalue weighted by Gasteiger charge is -2.63. The number of carbonyl (C=O) groups excluding carboxylic acids is 1. The van der Waals surface area contributed by atoms with Crippen LogP contribution in [-0.2, 0) is 4.79 Å². The van der Waals surface area contributed by atoms with Crippen molar-refractivity contribution in [1.29, 1.82) is 0 Å². The number of anilines is 1. The predicted molar refractivity (Wildman–Crippen MR) is 165 cm³/mol. The van der Waals surface area contributed by atoms with Gasteiger partial charge in [0.25, 0.3) is 11.4 Å². The van der Waals surface area contributed by atoms with E-state index in [4.69, 9.17) is 0 Å². The Kier molecular flexibility index (Phi) is 8.64.